The van der Waals surface area contributed by atoms with Crippen LogP contribution in [0.15, 0.2) is 36.9 Å². The van der Waals surface area contributed by atoms with E-state index in [0.717, 1.165) is 0 Å². The Bertz CT molecular complexity index is 599. The number of carbonyl (C=O) groups excluding carboxylic acids is 1. The van der Waals surface area contributed by atoms with Gasteiger partial charge in [0, 0.05) is 11.8 Å². The molecule has 128 valence electrons. The zero-order valence-corrected chi connectivity index (χ0v) is 14.6. The largest absolute Gasteiger partial charge is 0.492 e. The summed E-state index contributed by atoms with van der Waals surface area (Å²) in [5.74, 6) is 0.421. The molecule has 0 aliphatic carbocycles. The SMILES string of the molecule is CC(C)(N)C(=O)Nc1cccc(OCCn2cncn2)c1.Cl.Cl. The van der Waals surface area contributed by atoms with Crippen molar-refractivity contribution in [3.63, 3.8) is 0 Å². The number of nitrogens with two attached hydrogens (primary N) is 1. The van der Waals surface area contributed by atoms with Crippen molar-refractivity contribution in [3.8, 4) is 5.75 Å². The van der Waals surface area contributed by atoms with E-state index >= 15 is 0 Å². The normalized spacial score (nSPS) is 10.2. The van der Waals surface area contributed by atoms with Gasteiger partial charge in [-0.3, -0.25) is 4.79 Å². The van der Waals surface area contributed by atoms with Crippen molar-refractivity contribution in [2.45, 2.75) is 25.9 Å². The molecule has 0 saturated carbocycles. The monoisotopic (exact) mass is 361 g/mol. The van der Waals surface area contributed by atoms with E-state index in [1.807, 2.05) is 12.1 Å². The molecule has 1 amide bonds. The molecule has 0 spiro atoms. The first-order valence-electron chi connectivity index (χ1n) is 6.61. The highest BCUT2D eigenvalue weighted by molar-refractivity contribution is 5.97. The van der Waals surface area contributed by atoms with Crippen LogP contribution in [0.25, 0.3) is 0 Å². The quantitative estimate of drug-likeness (QED) is 0.818. The Morgan fingerprint density at radius 2 is 2.13 bits per heavy atom. The first kappa shape index (κ1) is 21.2. The maximum absolute atomic E-state index is 11.8. The van der Waals surface area contributed by atoms with Crippen LogP contribution in [-0.2, 0) is 11.3 Å². The molecule has 23 heavy (non-hydrogen) atoms. The average molecular weight is 362 g/mol. The number of rotatable bonds is 6. The van der Waals surface area contributed by atoms with Crippen molar-refractivity contribution in [2.75, 3.05) is 11.9 Å². The van der Waals surface area contributed by atoms with Gasteiger partial charge in [0.2, 0.25) is 5.91 Å². The molecule has 1 aromatic carbocycles. The number of ether oxygens (including phenoxy) is 1. The number of hydrogen-bond donors (Lipinski definition) is 2. The molecule has 3 N–H and O–H groups in total. The molecule has 0 radical (unpaired) electrons. The molecule has 0 aliphatic heterocycles. The zero-order chi connectivity index (χ0) is 15.3. The highest BCUT2D eigenvalue weighted by atomic mass is 35.5. The fourth-order valence-electron chi connectivity index (χ4n) is 1.56. The number of hydrogen-bond acceptors (Lipinski definition) is 5. The number of carbonyl (C=O) groups is 1. The molecule has 0 fully saturated rings. The standard InChI is InChI=1S/C14H19N5O2.2ClH/c1-14(2,15)13(20)18-11-4-3-5-12(8-11)21-7-6-19-10-16-9-17-19;;/h3-5,8-10H,6-7,15H2,1-2H3,(H,18,20);2*1H. The summed E-state index contributed by atoms with van der Waals surface area (Å²) in [6.45, 7) is 4.37. The zero-order valence-electron chi connectivity index (χ0n) is 12.9. The Morgan fingerprint density at radius 1 is 1.39 bits per heavy atom. The molecule has 7 nitrogen and oxygen atoms in total. The van der Waals surface area contributed by atoms with Crippen LogP contribution in [0.4, 0.5) is 5.69 Å². The van der Waals surface area contributed by atoms with Gasteiger partial charge in [0.15, 0.2) is 0 Å². The Kier molecular flexibility index (Phi) is 8.60. The molecular formula is C14H21Cl2N5O2. The molecule has 0 unspecified atom stereocenters. The first-order valence-corrected chi connectivity index (χ1v) is 6.61. The summed E-state index contributed by atoms with van der Waals surface area (Å²) < 4.78 is 7.30. The van der Waals surface area contributed by atoms with E-state index in [4.69, 9.17) is 10.5 Å². The lowest BCUT2D eigenvalue weighted by atomic mass is 10.1. The summed E-state index contributed by atoms with van der Waals surface area (Å²) in [5, 5.41) is 6.74. The third-order valence-corrected chi connectivity index (χ3v) is 2.73. The van der Waals surface area contributed by atoms with Gasteiger partial charge in [0.25, 0.3) is 0 Å². The summed E-state index contributed by atoms with van der Waals surface area (Å²) in [6.07, 6.45) is 3.11. The van der Waals surface area contributed by atoms with Crippen molar-refractivity contribution >= 4 is 36.4 Å². The lowest BCUT2D eigenvalue weighted by Crippen LogP contribution is -2.45. The summed E-state index contributed by atoms with van der Waals surface area (Å²) in [5.41, 5.74) is 5.46. The fraction of sp³-hybridized carbons (Fsp3) is 0.357. The Labute approximate surface area is 147 Å². The summed E-state index contributed by atoms with van der Waals surface area (Å²) in [4.78, 5) is 15.7. The van der Waals surface area contributed by atoms with Crippen LogP contribution in [0.3, 0.4) is 0 Å². The van der Waals surface area contributed by atoms with E-state index in [2.05, 4.69) is 15.4 Å². The summed E-state index contributed by atoms with van der Waals surface area (Å²) in [7, 11) is 0. The third-order valence-electron chi connectivity index (χ3n) is 2.73. The lowest BCUT2D eigenvalue weighted by molar-refractivity contribution is -0.120. The topological polar surface area (TPSA) is 95.1 Å². The van der Waals surface area contributed by atoms with Crippen LogP contribution in [0.5, 0.6) is 5.75 Å². The van der Waals surface area contributed by atoms with Gasteiger partial charge in [-0.15, -0.1) is 24.8 Å². The maximum atomic E-state index is 11.8. The van der Waals surface area contributed by atoms with Crippen molar-refractivity contribution in [3.05, 3.63) is 36.9 Å². The second-order valence-corrected chi connectivity index (χ2v) is 5.21. The second kappa shape index (κ2) is 9.34. The van der Waals surface area contributed by atoms with Gasteiger partial charge >= 0.3 is 0 Å². The number of anilines is 1. The smallest absolute Gasteiger partial charge is 0.243 e. The molecule has 9 heteroatoms. The van der Waals surface area contributed by atoms with Gasteiger partial charge in [-0.1, -0.05) is 6.07 Å². The number of aromatic nitrogens is 3. The van der Waals surface area contributed by atoms with Gasteiger partial charge in [0.05, 0.1) is 12.1 Å². The highest BCUT2D eigenvalue weighted by Crippen LogP contribution is 2.18. The van der Waals surface area contributed by atoms with Gasteiger partial charge < -0.3 is 15.8 Å². The maximum Gasteiger partial charge on any atom is 0.243 e. The molecule has 0 bridgehead atoms. The van der Waals surface area contributed by atoms with E-state index in [0.29, 0.717) is 24.6 Å². The van der Waals surface area contributed by atoms with E-state index in [9.17, 15) is 4.79 Å². The minimum Gasteiger partial charge on any atom is -0.492 e. The molecule has 0 aliphatic rings. The highest BCUT2D eigenvalue weighted by Gasteiger charge is 2.21. The van der Waals surface area contributed by atoms with Crippen molar-refractivity contribution in [2.24, 2.45) is 5.73 Å². The van der Waals surface area contributed by atoms with Gasteiger partial charge in [-0.2, -0.15) is 5.10 Å². The summed E-state index contributed by atoms with van der Waals surface area (Å²) in [6, 6.07) is 7.17. The van der Waals surface area contributed by atoms with Gasteiger partial charge in [-0.25, -0.2) is 9.67 Å². The molecule has 1 heterocycles. The molecule has 0 atom stereocenters. The van der Waals surface area contributed by atoms with Crippen LogP contribution >= 0.6 is 24.8 Å². The third kappa shape index (κ3) is 6.85. The molecule has 1 aromatic heterocycles. The number of halogens is 2. The number of amides is 1. The molecular weight excluding hydrogens is 341 g/mol. The Morgan fingerprint density at radius 3 is 2.74 bits per heavy atom. The fourth-order valence-corrected chi connectivity index (χ4v) is 1.56. The van der Waals surface area contributed by atoms with Crippen molar-refractivity contribution < 1.29 is 9.53 Å². The van der Waals surface area contributed by atoms with Gasteiger partial charge in [0.1, 0.15) is 25.0 Å². The first-order chi connectivity index (χ1) is 9.95. The number of nitrogens with one attached hydrogen (secondary N) is 1. The van der Waals surface area contributed by atoms with E-state index < -0.39 is 5.54 Å². The van der Waals surface area contributed by atoms with Gasteiger partial charge in [-0.05, 0) is 26.0 Å². The van der Waals surface area contributed by atoms with Crippen LogP contribution in [0, 0.1) is 0 Å². The van der Waals surface area contributed by atoms with Crippen LogP contribution in [0.2, 0.25) is 0 Å². The molecule has 2 rings (SSSR count). The predicted molar refractivity (Wildman–Crippen MR) is 93.4 cm³/mol. The minimum absolute atomic E-state index is 0. The average Bonchev–Trinajstić information content (AvgIpc) is 2.91. The Balaban J connectivity index is 0.00000242. The van der Waals surface area contributed by atoms with E-state index in [-0.39, 0.29) is 30.7 Å². The van der Waals surface area contributed by atoms with E-state index in [1.54, 1.807) is 37.0 Å². The molecule has 2 aromatic rings. The van der Waals surface area contributed by atoms with E-state index in [1.165, 1.54) is 6.33 Å². The van der Waals surface area contributed by atoms with Crippen molar-refractivity contribution in [1.29, 1.82) is 0 Å². The Hall–Kier alpha value is -1.83. The minimum atomic E-state index is -0.927. The lowest BCUT2D eigenvalue weighted by Gasteiger charge is -2.18. The van der Waals surface area contributed by atoms with Crippen molar-refractivity contribution in [1.82, 2.24) is 14.8 Å². The van der Waals surface area contributed by atoms with Crippen LogP contribution in [0.1, 0.15) is 13.8 Å². The molecule has 0 saturated heterocycles. The number of benzene rings is 1. The summed E-state index contributed by atoms with van der Waals surface area (Å²) >= 11 is 0. The number of nitrogens with zero attached hydrogens (tertiary/aromatic N) is 3. The van der Waals surface area contributed by atoms with Crippen LogP contribution in [-0.4, -0.2) is 32.8 Å². The second-order valence-electron chi connectivity index (χ2n) is 5.21. The predicted octanol–water partition coefficient (Wildman–Crippen LogP) is 1.88. The van der Waals surface area contributed by atoms with Crippen LogP contribution < -0.4 is 15.8 Å².